The molecule has 0 aliphatic carbocycles. The first-order valence-corrected chi connectivity index (χ1v) is 7.76. The molecule has 3 heteroatoms. The molecule has 0 aliphatic rings. The number of aliphatic hydroxyl groups is 1. The van der Waals surface area contributed by atoms with Crippen molar-refractivity contribution < 1.29 is 5.11 Å². The predicted octanol–water partition coefficient (Wildman–Crippen LogP) is 3.49. The zero-order valence-electron chi connectivity index (χ0n) is 12.8. The molecule has 0 fully saturated rings. The zero-order valence-corrected chi connectivity index (χ0v) is 12.8. The first kappa shape index (κ1) is 15.4. The number of hydrogen-bond donors (Lipinski definition) is 2. The van der Waals surface area contributed by atoms with Crippen molar-refractivity contribution in [3.63, 3.8) is 0 Å². The zero-order chi connectivity index (χ0) is 15.9. The molecule has 0 unspecified atom stereocenters. The fraction of sp³-hybridized carbons (Fsp3) is 0.150. The smallest absolute Gasteiger partial charge is 0.0756 e. The second-order valence-corrected chi connectivity index (χ2v) is 5.41. The Kier molecular flexibility index (Phi) is 5.14. The van der Waals surface area contributed by atoms with Crippen molar-refractivity contribution in [2.45, 2.75) is 12.1 Å². The van der Waals surface area contributed by atoms with Crippen LogP contribution in [0.3, 0.4) is 0 Å². The molecule has 0 saturated heterocycles. The van der Waals surface area contributed by atoms with Crippen molar-refractivity contribution in [3.05, 3.63) is 102 Å². The Morgan fingerprint density at radius 3 is 1.96 bits per heavy atom. The van der Waals surface area contributed by atoms with Gasteiger partial charge >= 0.3 is 0 Å². The minimum atomic E-state index is -0.150. The van der Waals surface area contributed by atoms with Crippen molar-refractivity contribution in [1.82, 2.24) is 10.3 Å². The molecule has 2 aromatic carbocycles. The van der Waals surface area contributed by atoms with Gasteiger partial charge in [-0.25, -0.2) is 0 Å². The van der Waals surface area contributed by atoms with E-state index in [0.29, 0.717) is 0 Å². The third-order valence-electron chi connectivity index (χ3n) is 3.87. The van der Waals surface area contributed by atoms with Gasteiger partial charge < -0.3 is 5.11 Å². The van der Waals surface area contributed by atoms with Crippen LogP contribution in [-0.2, 0) is 0 Å². The molecule has 2 N–H and O–H groups in total. The lowest BCUT2D eigenvalue weighted by Gasteiger charge is -2.25. The van der Waals surface area contributed by atoms with Crippen LogP contribution in [-0.4, -0.2) is 16.7 Å². The van der Waals surface area contributed by atoms with Gasteiger partial charge in [0.1, 0.15) is 0 Å². The number of aromatic nitrogens is 1. The highest BCUT2D eigenvalue weighted by Gasteiger charge is 2.20. The summed E-state index contributed by atoms with van der Waals surface area (Å²) >= 11 is 0. The number of pyridine rings is 1. The third-order valence-corrected chi connectivity index (χ3v) is 3.87. The predicted molar refractivity (Wildman–Crippen MR) is 91.9 cm³/mol. The molecule has 0 saturated carbocycles. The van der Waals surface area contributed by atoms with Crippen LogP contribution in [0.15, 0.2) is 85.1 Å². The topological polar surface area (TPSA) is 45.1 Å². The molecule has 3 rings (SSSR count). The van der Waals surface area contributed by atoms with E-state index in [4.69, 9.17) is 0 Å². The summed E-state index contributed by atoms with van der Waals surface area (Å²) in [4.78, 5) is 4.49. The SMILES string of the molecule is OC[C@@H](N[C@@H](c1ccccc1)c1ccccn1)c1ccccc1. The summed E-state index contributed by atoms with van der Waals surface area (Å²) in [6.45, 7) is 0.0280. The van der Waals surface area contributed by atoms with Gasteiger partial charge in [-0.2, -0.15) is 0 Å². The van der Waals surface area contributed by atoms with Gasteiger partial charge in [-0.05, 0) is 23.3 Å². The van der Waals surface area contributed by atoms with Crippen LogP contribution in [0.2, 0.25) is 0 Å². The van der Waals surface area contributed by atoms with Crippen molar-refractivity contribution >= 4 is 0 Å². The summed E-state index contributed by atoms with van der Waals surface area (Å²) in [5.74, 6) is 0. The lowest BCUT2D eigenvalue weighted by Crippen LogP contribution is -2.30. The molecule has 0 radical (unpaired) electrons. The Balaban J connectivity index is 1.93. The van der Waals surface area contributed by atoms with E-state index in [1.165, 1.54) is 0 Å². The number of benzene rings is 2. The summed E-state index contributed by atoms with van der Waals surface area (Å²) in [7, 11) is 0. The Labute approximate surface area is 136 Å². The maximum absolute atomic E-state index is 9.84. The fourth-order valence-corrected chi connectivity index (χ4v) is 2.69. The molecule has 3 aromatic rings. The van der Waals surface area contributed by atoms with Gasteiger partial charge in [-0.1, -0.05) is 66.7 Å². The Morgan fingerprint density at radius 1 is 0.783 bits per heavy atom. The monoisotopic (exact) mass is 304 g/mol. The van der Waals surface area contributed by atoms with Crippen molar-refractivity contribution in [2.24, 2.45) is 0 Å². The molecular formula is C20H20N2O. The number of nitrogens with one attached hydrogen (secondary N) is 1. The fourth-order valence-electron chi connectivity index (χ4n) is 2.69. The molecular weight excluding hydrogens is 284 g/mol. The van der Waals surface area contributed by atoms with E-state index in [1.807, 2.05) is 66.7 Å². The first-order chi connectivity index (χ1) is 11.4. The molecule has 1 heterocycles. The van der Waals surface area contributed by atoms with Crippen LogP contribution in [0.4, 0.5) is 0 Å². The van der Waals surface area contributed by atoms with Crippen LogP contribution < -0.4 is 5.32 Å². The molecule has 1 aromatic heterocycles. The van der Waals surface area contributed by atoms with Gasteiger partial charge in [0.25, 0.3) is 0 Å². The van der Waals surface area contributed by atoms with Crippen LogP contribution in [0.1, 0.15) is 28.9 Å². The highest BCUT2D eigenvalue weighted by atomic mass is 16.3. The van der Waals surface area contributed by atoms with Gasteiger partial charge in [-0.3, -0.25) is 10.3 Å². The molecule has 2 atom stereocenters. The standard InChI is InChI=1S/C20H20N2O/c23-15-19(16-9-3-1-4-10-16)22-20(17-11-5-2-6-12-17)18-13-7-8-14-21-18/h1-14,19-20,22-23H,15H2/t19-,20+/m1/s1. The molecule has 0 spiro atoms. The Bertz CT molecular complexity index is 662. The minimum Gasteiger partial charge on any atom is -0.394 e. The van der Waals surface area contributed by atoms with E-state index in [1.54, 1.807) is 6.20 Å². The maximum Gasteiger partial charge on any atom is 0.0756 e. The molecule has 0 aliphatic heterocycles. The number of nitrogens with zero attached hydrogens (tertiary/aromatic N) is 1. The van der Waals surface area contributed by atoms with Gasteiger partial charge in [0, 0.05) is 6.20 Å². The molecule has 23 heavy (non-hydrogen) atoms. The minimum absolute atomic E-state index is 0.0280. The van der Waals surface area contributed by atoms with Crippen molar-refractivity contribution in [2.75, 3.05) is 6.61 Å². The second kappa shape index (κ2) is 7.68. The van der Waals surface area contributed by atoms with Crippen LogP contribution in [0.5, 0.6) is 0 Å². The molecule has 0 bridgehead atoms. The van der Waals surface area contributed by atoms with Gasteiger partial charge in [-0.15, -0.1) is 0 Å². The van der Waals surface area contributed by atoms with E-state index in [2.05, 4.69) is 22.4 Å². The summed E-state index contributed by atoms with van der Waals surface area (Å²) < 4.78 is 0. The number of rotatable bonds is 6. The quantitative estimate of drug-likeness (QED) is 0.732. The second-order valence-electron chi connectivity index (χ2n) is 5.41. The van der Waals surface area contributed by atoms with E-state index >= 15 is 0 Å². The summed E-state index contributed by atoms with van der Waals surface area (Å²) in [6, 6.07) is 25.8. The van der Waals surface area contributed by atoms with E-state index in [9.17, 15) is 5.11 Å². The lowest BCUT2D eigenvalue weighted by molar-refractivity contribution is 0.237. The lowest BCUT2D eigenvalue weighted by atomic mass is 10.00. The Hall–Kier alpha value is -2.49. The van der Waals surface area contributed by atoms with Crippen molar-refractivity contribution in [3.8, 4) is 0 Å². The van der Waals surface area contributed by atoms with Crippen LogP contribution in [0.25, 0.3) is 0 Å². The number of aliphatic hydroxyl groups excluding tert-OH is 1. The number of hydrogen-bond acceptors (Lipinski definition) is 3. The summed E-state index contributed by atoms with van der Waals surface area (Å²) in [6.07, 6.45) is 1.80. The van der Waals surface area contributed by atoms with Crippen LogP contribution >= 0.6 is 0 Å². The highest BCUT2D eigenvalue weighted by molar-refractivity contribution is 5.29. The third kappa shape index (κ3) is 3.83. The largest absolute Gasteiger partial charge is 0.394 e. The molecule has 3 nitrogen and oxygen atoms in total. The van der Waals surface area contributed by atoms with E-state index in [-0.39, 0.29) is 18.7 Å². The molecule has 0 amide bonds. The van der Waals surface area contributed by atoms with Gasteiger partial charge in [0.05, 0.1) is 24.4 Å². The average molecular weight is 304 g/mol. The van der Waals surface area contributed by atoms with Gasteiger partial charge in [0.2, 0.25) is 0 Å². The van der Waals surface area contributed by atoms with E-state index < -0.39 is 0 Å². The maximum atomic E-state index is 9.84. The summed E-state index contributed by atoms with van der Waals surface area (Å²) in [5, 5.41) is 13.4. The normalized spacial score (nSPS) is 13.4. The average Bonchev–Trinajstić information content (AvgIpc) is 2.65. The highest BCUT2D eigenvalue weighted by Crippen LogP contribution is 2.24. The van der Waals surface area contributed by atoms with Crippen LogP contribution in [0, 0.1) is 0 Å². The Morgan fingerprint density at radius 2 is 1.39 bits per heavy atom. The molecule has 116 valence electrons. The summed E-state index contributed by atoms with van der Waals surface area (Å²) in [5.41, 5.74) is 3.13. The van der Waals surface area contributed by atoms with Gasteiger partial charge in [0.15, 0.2) is 0 Å². The van der Waals surface area contributed by atoms with Crippen molar-refractivity contribution in [1.29, 1.82) is 0 Å². The van der Waals surface area contributed by atoms with E-state index in [0.717, 1.165) is 16.8 Å². The first-order valence-electron chi connectivity index (χ1n) is 7.76.